The number of aryl methyl sites for hydroxylation is 2. The molecule has 2 heterocycles. The Kier molecular flexibility index (Phi) is 5.39. The first-order valence-electron chi connectivity index (χ1n) is 9.05. The number of likely N-dealkylation sites (tertiary alicyclic amines) is 1. The Labute approximate surface area is 171 Å². The highest BCUT2D eigenvalue weighted by Gasteiger charge is 2.30. The number of nitrogens with zero attached hydrogens (tertiary/aromatic N) is 2. The lowest BCUT2D eigenvalue weighted by Crippen LogP contribution is -2.43. The number of thiazole rings is 1. The molecule has 0 unspecified atom stereocenters. The maximum Gasteiger partial charge on any atom is 0.253 e. The highest BCUT2D eigenvalue weighted by Crippen LogP contribution is 2.31. The van der Waals surface area contributed by atoms with Crippen molar-refractivity contribution in [3.8, 4) is 0 Å². The van der Waals surface area contributed by atoms with Crippen molar-refractivity contribution in [2.75, 3.05) is 18.4 Å². The fraction of sp³-hybridized carbons (Fsp3) is 0.421. The van der Waals surface area contributed by atoms with Crippen molar-refractivity contribution in [1.82, 2.24) is 9.88 Å². The molecule has 8 heteroatoms. The maximum absolute atomic E-state index is 12.8. The van der Waals surface area contributed by atoms with Crippen LogP contribution < -0.4 is 5.32 Å². The molecule has 27 heavy (non-hydrogen) atoms. The summed E-state index contributed by atoms with van der Waals surface area (Å²) in [4.78, 5) is 33.0. The summed E-state index contributed by atoms with van der Waals surface area (Å²) in [7, 11) is 0. The number of rotatable bonds is 3. The Hall–Kier alpha value is -1.63. The van der Waals surface area contributed by atoms with Crippen molar-refractivity contribution in [2.45, 2.75) is 32.1 Å². The first-order chi connectivity index (χ1) is 13.0. The normalized spacial score (nSPS) is 19.0. The Morgan fingerprint density at radius 2 is 2.04 bits per heavy atom. The van der Waals surface area contributed by atoms with Crippen LogP contribution in [-0.2, 0) is 17.6 Å². The third-order valence-corrected chi connectivity index (χ3v) is 6.88. The summed E-state index contributed by atoms with van der Waals surface area (Å²) in [6.07, 6.45) is 4.76. The first kappa shape index (κ1) is 18.7. The molecule has 1 aliphatic heterocycles. The summed E-state index contributed by atoms with van der Waals surface area (Å²) in [5.74, 6) is -0.419. The van der Waals surface area contributed by atoms with Gasteiger partial charge in [-0.25, -0.2) is 4.98 Å². The molecule has 1 aromatic heterocycles. The minimum atomic E-state index is -0.232. The number of nitrogens with one attached hydrogen (secondary N) is 1. The molecule has 1 aromatic carbocycles. The molecule has 0 saturated carbocycles. The highest BCUT2D eigenvalue weighted by atomic mass is 35.5. The molecule has 2 aromatic rings. The predicted octanol–water partition coefficient (Wildman–Crippen LogP) is 4.43. The molecule has 0 radical (unpaired) electrons. The molecule has 0 bridgehead atoms. The molecule has 5 nitrogen and oxygen atoms in total. The van der Waals surface area contributed by atoms with Crippen molar-refractivity contribution < 1.29 is 9.59 Å². The van der Waals surface area contributed by atoms with E-state index in [0.717, 1.165) is 37.8 Å². The second-order valence-electron chi connectivity index (χ2n) is 6.95. The van der Waals surface area contributed by atoms with Gasteiger partial charge in [-0.3, -0.25) is 9.59 Å². The van der Waals surface area contributed by atoms with Crippen LogP contribution in [0.25, 0.3) is 0 Å². The van der Waals surface area contributed by atoms with Crippen LogP contribution in [0.2, 0.25) is 10.0 Å². The summed E-state index contributed by atoms with van der Waals surface area (Å²) in [6.45, 7) is 1.03. The van der Waals surface area contributed by atoms with Crippen LogP contribution in [0.4, 0.5) is 5.13 Å². The lowest BCUT2D eigenvalue weighted by molar-refractivity contribution is -0.121. The summed E-state index contributed by atoms with van der Waals surface area (Å²) >= 11 is 13.5. The minimum Gasteiger partial charge on any atom is -0.338 e. The van der Waals surface area contributed by atoms with Crippen LogP contribution in [0.15, 0.2) is 18.2 Å². The molecule has 2 amide bonds. The van der Waals surface area contributed by atoms with Crippen molar-refractivity contribution in [2.24, 2.45) is 5.92 Å². The van der Waals surface area contributed by atoms with Crippen LogP contribution in [0.3, 0.4) is 0 Å². The van der Waals surface area contributed by atoms with E-state index in [9.17, 15) is 9.59 Å². The number of hydrogen-bond acceptors (Lipinski definition) is 4. The van der Waals surface area contributed by atoms with Crippen LogP contribution in [0, 0.1) is 5.92 Å². The number of fused-ring (bicyclic) bond motifs is 1. The molecular weight excluding hydrogens is 405 g/mol. The summed E-state index contributed by atoms with van der Waals surface area (Å²) < 4.78 is 0. The molecule has 4 rings (SSSR count). The smallest absolute Gasteiger partial charge is 0.253 e. The Morgan fingerprint density at radius 1 is 1.19 bits per heavy atom. The van der Waals surface area contributed by atoms with Crippen molar-refractivity contribution >= 4 is 51.5 Å². The predicted molar refractivity (Wildman–Crippen MR) is 108 cm³/mol. The zero-order chi connectivity index (χ0) is 19.0. The van der Waals surface area contributed by atoms with Crippen molar-refractivity contribution in [1.29, 1.82) is 0 Å². The van der Waals surface area contributed by atoms with Crippen LogP contribution >= 0.6 is 34.5 Å². The van der Waals surface area contributed by atoms with Gasteiger partial charge in [0, 0.05) is 23.5 Å². The molecule has 142 valence electrons. The number of amides is 2. The molecule has 1 atom stereocenters. The maximum atomic E-state index is 12.8. The topological polar surface area (TPSA) is 62.3 Å². The number of anilines is 1. The van der Waals surface area contributed by atoms with Gasteiger partial charge in [0.05, 0.1) is 21.7 Å². The van der Waals surface area contributed by atoms with Gasteiger partial charge >= 0.3 is 0 Å². The van der Waals surface area contributed by atoms with E-state index in [4.69, 9.17) is 23.2 Å². The van der Waals surface area contributed by atoms with Gasteiger partial charge in [0.2, 0.25) is 5.91 Å². The van der Waals surface area contributed by atoms with Gasteiger partial charge in [-0.2, -0.15) is 0 Å². The van der Waals surface area contributed by atoms with E-state index in [1.165, 1.54) is 4.88 Å². The monoisotopic (exact) mass is 423 g/mol. The van der Waals surface area contributed by atoms with Crippen LogP contribution in [0.5, 0.6) is 0 Å². The average Bonchev–Trinajstić information content (AvgIpc) is 3.25. The third kappa shape index (κ3) is 3.98. The van der Waals surface area contributed by atoms with E-state index in [2.05, 4.69) is 10.3 Å². The number of hydrogen-bond donors (Lipinski definition) is 1. The van der Waals surface area contributed by atoms with E-state index in [0.29, 0.717) is 33.8 Å². The fourth-order valence-electron chi connectivity index (χ4n) is 3.64. The van der Waals surface area contributed by atoms with E-state index in [1.54, 1.807) is 34.4 Å². The van der Waals surface area contributed by atoms with Crippen molar-refractivity contribution in [3.05, 3.63) is 44.4 Å². The molecule has 1 aliphatic carbocycles. The van der Waals surface area contributed by atoms with E-state index < -0.39 is 0 Å². The number of aromatic nitrogens is 1. The van der Waals surface area contributed by atoms with E-state index in [1.807, 2.05) is 0 Å². The second kappa shape index (κ2) is 7.78. The molecule has 0 spiro atoms. The zero-order valence-corrected chi connectivity index (χ0v) is 17.0. The zero-order valence-electron chi connectivity index (χ0n) is 14.6. The fourth-order valence-corrected chi connectivity index (χ4v) is 4.99. The van der Waals surface area contributed by atoms with Gasteiger partial charge in [-0.1, -0.05) is 23.2 Å². The highest BCUT2D eigenvalue weighted by molar-refractivity contribution is 7.15. The number of benzene rings is 1. The van der Waals surface area contributed by atoms with Gasteiger partial charge in [-0.05, 0) is 50.3 Å². The van der Waals surface area contributed by atoms with E-state index in [-0.39, 0.29) is 17.7 Å². The standard InChI is InChI=1S/C19H19Cl2N3O2S/c20-13-7-6-11(9-14(13)21)18(26)24-8-2-3-12(10-24)17(25)23-19-22-15-4-1-5-16(15)27-19/h6-7,9,12H,1-5,8,10H2,(H,22,23,25)/t12-/m1/s1. The lowest BCUT2D eigenvalue weighted by atomic mass is 9.96. The van der Waals surface area contributed by atoms with E-state index >= 15 is 0 Å². The average molecular weight is 424 g/mol. The summed E-state index contributed by atoms with van der Waals surface area (Å²) in [6, 6.07) is 4.86. The quantitative estimate of drug-likeness (QED) is 0.793. The van der Waals surface area contributed by atoms with Crippen LogP contribution in [0.1, 0.15) is 40.2 Å². The molecular formula is C19H19Cl2N3O2S. The number of halogens is 2. The molecule has 1 saturated heterocycles. The van der Waals surface area contributed by atoms with Gasteiger partial charge in [0.1, 0.15) is 0 Å². The largest absolute Gasteiger partial charge is 0.338 e. The molecule has 2 aliphatic rings. The number of piperidine rings is 1. The van der Waals surface area contributed by atoms with Crippen LogP contribution in [-0.4, -0.2) is 34.8 Å². The Bertz CT molecular complexity index is 878. The number of carbonyl (C=O) groups is 2. The Balaban J connectivity index is 1.41. The minimum absolute atomic E-state index is 0.0611. The second-order valence-corrected chi connectivity index (χ2v) is 8.85. The van der Waals surface area contributed by atoms with Gasteiger partial charge in [-0.15, -0.1) is 11.3 Å². The number of carbonyl (C=O) groups excluding carboxylic acids is 2. The first-order valence-corrected chi connectivity index (χ1v) is 10.6. The van der Waals surface area contributed by atoms with Gasteiger partial charge < -0.3 is 10.2 Å². The summed E-state index contributed by atoms with van der Waals surface area (Å²) in [5, 5.41) is 4.40. The lowest BCUT2D eigenvalue weighted by Gasteiger charge is -2.32. The SMILES string of the molecule is O=C(Nc1nc2c(s1)CCC2)[C@@H]1CCCN(C(=O)c2ccc(Cl)c(Cl)c2)C1. The Morgan fingerprint density at radius 3 is 2.81 bits per heavy atom. The molecule has 1 N–H and O–H groups in total. The third-order valence-electron chi connectivity index (χ3n) is 5.07. The summed E-state index contributed by atoms with van der Waals surface area (Å²) in [5.41, 5.74) is 1.61. The van der Waals surface area contributed by atoms with Crippen molar-refractivity contribution in [3.63, 3.8) is 0 Å². The van der Waals surface area contributed by atoms with Gasteiger partial charge in [0.15, 0.2) is 5.13 Å². The molecule has 1 fully saturated rings. The van der Waals surface area contributed by atoms with Gasteiger partial charge in [0.25, 0.3) is 5.91 Å².